The molecule has 7 heteroatoms. The quantitative estimate of drug-likeness (QED) is 0.433. The number of rotatable bonds is 8. The van der Waals surface area contributed by atoms with Crippen LogP contribution in [0.15, 0.2) is 59.3 Å². The average molecular weight is 439 g/mol. The normalized spacial score (nSPS) is 14.8. The Balaban J connectivity index is 2.09. The number of para-hydroxylation sites is 1. The van der Waals surface area contributed by atoms with Crippen LogP contribution in [0.5, 0.6) is 11.5 Å². The molecule has 0 spiro atoms. The van der Waals surface area contributed by atoms with Crippen LogP contribution in [0.2, 0.25) is 0 Å². The van der Waals surface area contributed by atoms with Crippen LogP contribution in [0.1, 0.15) is 32.8 Å². The van der Waals surface area contributed by atoms with Crippen molar-refractivity contribution in [2.45, 2.75) is 27.2 Å². The van der Waals surface area contributed by atoms with Crippen molar-refractivity contribution < 1.29 is 28.2 Å². The molecule has 32 heavy (non-hydrogen) atoms. The Hall–Kier alpha value is -3.61. The SMILES string of the molecule is CCCOc1ccc(/C=C2\C(=O)N(c3ccccc3F)C(C)=C2C(=O)OC)cc1OCC. The maximum atomic E-state index is 14.5. The maximum absolute atomic E-state index is 14.5. The van der Waals surface area contributed by atoms with Crippen LogP contribution >= 0.6 is 0 Å². The average Bonchev–Trinajstić information content (AvgIpc) is 3.02. The number of halogens is 1. The summed E-state index contributed by atoms with van der Waals surface area (Å²) in [6.07, 6.45) is 2.43. The number of carbonyl (C=O) groups excluding carboxylic acids is 2. The number of methoxy groups -OCH3 is 1. The lowest BCUT2D eigenvalue weighted by molar-refractivity contribution is -0.136. The smallest absolute Gasteiger partial charge is 0.340 e. The fourth-order valence-electron chi connectivity index (χ4n) is 3.48. The van der Waals surface area contributed by atoms with Gasteiger partial charge in [-0.3, -0.25) is 9.69 Å². The van der Waals surface area contributed by atoms with E-state index in [2.05, 4.69) is 0 Å². The first-order valence-electron chi connectivity index (χ1n) is 10.4. The number of carbonyl (C=O) groups is 2. The van der Waals surface area contributed by atoms with E-state index in [1.807, 2.05) is 13.8 Å². The molecule has 0 saturated carbocycles. The van der Waals surface area contributed by atoms with Crippen molar-refractivity contribution in [3.8, 4) is 11.5 Å². The highest BCUT2D eigenvalue weighted by molar-refractivity contribution is 6.23. The van der Waals surface area contributed by atoms with Gasteiger partial charge < -0.3 is 14.2 Å². The van der Waals surface area contributed by atoms with Crippen molar-refractivity contribution in [3.05, 3.63) is 70.7 Å². The van der Waals surface area contributed by atoms with Crippen LogP contribution in [0.25, 0.3) is 6.08 Å². The predicted molar refractivity (Wildman–Crippen MR) is 120 cm³/mol. The highest BCUT2D eigenvalue weighted by Crippen LogP contribution is 2.37. The predicted octanol–water partition coefficient (Wildman–Crippen LogP) is 4.89. The lowest BCUT2D eigenvalue weighted by Gasteiger charge is -2.18. The van der Waals surface area contributed by atoms with E-state index >= 15 is 0 Å². The highest BCUT2D eigenvalue weighted by atomic mass is 19.1. The van der Waals surface area contributed by atoms with Crippen molar-refractivity contribution in [1.82, 2.24) is 0 Å². The topological polar surface area (TPSA) is 65.1 Å². The van der Waals surface area contributed by atoms with Gasteiger partial charge in [0.05, 0.1) is 37.2 Å². The van der Waals surface area contributed by atoms with Crippen molar-refractivity contribution in [2.24, 2.45) is 0 Å². The summed E-state index contributed by atoms with van der Waals surface area (Å²) in [6.45, 7) is 6.45. The minimum atomic E-state index is -0.672. The van der Waals surface area contributed by atoms with Crippen molar-refractivity contribution in [2.75, 3.05) is 25.2 Å². The molecular formula is C25H26FNO5. The number of allylic oxidation sites excluding steroid dienone is 1. The second-order valence-corrected chi connectivity index (χ2v) is 7.09. The van der Waals surface area contributed by atoms with E-state index in [-0.39, 0.29) is 16.8 Å². The molecule has 1 heterocycles. The molecule has 1 aliphatic heterocycles. The zero-order valence-electron chi connectivity index (χ0n) is 18.6. The van der Waals surface area contributed by atoms with Crippen LogP contribution in [0.4, 0.5) is 10.1 Å². The standard InChI is InChI=1S/C25H26FNO5/c1-5-13-32-21-12-11-17(15-22(21)31-6-2)14-18-23(25(29)30-4)16(3)27(24(18)28)20-10-8-7-9-19(20)26/h7-12,14-15H,5-6,13H2,1-4H3/b18-14-. The molecule has 0 saturated heterocycles. The summed E-state index contributed by atoms with van der Waals surface area (Å²) in [5.41, 5.74) is 1.20. The second kappa shape index (κ2) is 10.1. The Morgan fingerprint density at radius 3 is 2.50 bits per heavy atom. The first-order valence-corrected chi connectivity index (χ1v) is 10.4. The summed E-state index contributed by atoms with van der Waals surface area (Å²) in [7, 11) is 1.24. The van der Waals surface area contributed by atoms with Gasteiger partial charge in [0, 0.05) is 5.70 Å². The lowest BCUT2D eigenvalue weighted by Crippen LogP contribution is -2.25. The van der Waals surface area contributed by atoms with Crippen molar-refractivity contribution in [3.63, 3.8) is 0 Å². The van der Waals surface area contributed by atoms with Gasteiger partial charge in [-0.05, 0) is 56.2 Å². The van der Waals surface area contributed by atoms with E-state index in [1.54, 1.807) is 37.3 Å². The Bertz CT molecular complexity index is 1090. The molecule has 3 rings (SSSR count). The summed E-state index contributed by atoms with van der Waals surface area (Å²) in [4.78, 5) is 27.0. The van der Waals surface area contributed by atoms with E-state index in [9.17, 15) is 14.0 Å². The molecule has 0 unspecified atom stereocenters. The fraction of sp³-hybridized carbons (Fsp3) is 0.280. The van der Waals surface area contributed by atoms with Gasteiger partial charge in [0.2, 0.25) is 0 Å². The van der Waals surface area contributed by atoms with Gasteiger partial charge in [0.25, 0.3) is 5.91 Å². The van der Waals surface area contributed by atoms with Crippen LogP contribution in [-0.4, -0.2) is 32.2 Å². The third-order valence-corrected chi connectivity index (χ3v) is 4.92. The summed E-state index contributed by atoms with van der Waals surface area (Å²) >= 11 is 0. The minimum Gasteiger partial charge on any atom is -0.490 e. The van der Waals surface area contributed by atoms with Gasteiger partial charge in [-0.1, -0.05) is 25.1 Å². The zero-order valence-corrected chi connectivity index (χ0v) is 18.6. The van der Waals surface area contributed by atoms with Crippen LogP contribution in [0.3, 0.4) is 0 Å². The number of amides is 1. The summed E-state index contributed by atoms with van der Waals surface area (Å²) in [5, 5.41) is 0. The van der Waals surface area contributed by atoms with E-state index in [0.717, 1.165) is 6.42 Å². The first-order chi connectivity index (χ1) is 15.4. The van der Waals surface area contributed by atoms with Gasteiger partial charge in [-0.25, -0.2) is 9.18 Å². The molecule has 0 N–H and O–H groups in total. The van der Waals surface area contributed by atoms with E-state index in [1.165, 1.54) is 30.2 Å². The van der Waals surface area contributed by atoms with Gasteiger partial charge in [0.15, 0.2) is 11.5 Å². The monoisotopic (exact) mass is 439 g/mol. The number of ether oxygens (including phenoxy) is 3. The molecule has 0 bridgehead atoms. The summed E-state index contributed by atoms with van der Waals surface area (Å²) in [6, 6.07) is 11.2. The molecule has 1 amide bonds. The molecular weight excluding hydrogens is 413 g/mol. The van der Waals surface area contributed by atoms with Crippen LogP contribution < -0.4 is 14.4 Å². The molecule has 0 radical (unpaired) electrons. The highest BCUT2D eigenvalue weighted by Gasteiger charge is 2.38. The Kier molecular flexibility index (Phi) is 7.30. The fourth-order valence-corrected chi connectivity index (χ4v) is 3.48. The Morgan fingerprint density at radius 2 is 1.84 bits per heavy atom. The largest absolute Gasteiger partial charge is 0.490 e. The Labute approximate surface area is 186 Å². The third kappa shape index (κ3) is 4.51. The molecule has 168 valence electrons. The third-order valence-electron chi connectivity index (χ3n) is 4.92. The Morgan fingerprint density at radius 1 is 1.09 bits per heavy atom. The number of hydrogen-bond donors (Lipinski definition) is 0. The van der Waals surface area contributed by atoms with E-state index in [4.69, 9.17) is 14.2 Å². The van der Waals surface area contributed by atoms with Gasteiger partial charge in [0.1, 0.15) is 5.82 Å². The molecule has 6 nitrogen and oxygen atoms in total. The van der Waals surface area contributed by atoms with E-state index in [0.29, 0.717) is 36.0 Å². The van der Waals surface area contributed by atoms with Gasteiger partial charge in [-0.15, -0.1) is 0 Å². The number of benzene rings is 2. The minimum absolute atomic E-state index is 0.0677. The van der Waals surface area contributed by atoms with E-state index < -0.39 is 17.7 Å². The second-order valence-electron chi connectivity index (χ2n) is 7.09. The molecule has 1 aliphatic rings. The van der Waals surface area contributed by atoms with Crippen molar-refractivity contribution >= 4 is 23.6 Å². The van der Waals surface area contributed by atoms with Gasteiger partial charge in [-0.2, -0.15) is 0 Å². The van der Waals surface area contributed by atoms with Crippen LogP contribution in [-0.2, 0) is 14.3 Å². The lowest BCUT2D eigenvalue weighted by atomic mass is 10.0. The molecule has 0 fully saturated rings. The molecule has 2 aromatic carbocycles. The summed E-state index contributed by atoms with van der Waals surface area (Å²) in [5.74, 6) is -0.624. The zero-order chi connectivity index (χ0) is 23.3. The first kappa shape index (κ1) is 23.1. The maximum Gasteiger partial charge on any atom is 0.340 e. The molecule has 0 aliphatic carbocycles. The van der Waals surface area contributed by atoms with Crippen molar-refractivity contribution in [1.29, 1.82) is 0 Å². The van der Waals surface area contributed by atoms with Crippen LogP contribution in [0, 0.1) is 5.82 Å². The number of anilines is 1. The number of nitrogens with zero attached hydrogens (tertiary/aromatic N) is 1. The molecule has 2 aromatic rings. The molecule has 0 atom stereocenters. The molecule has 0 aromatic heterocycles. The summed E-state index contributed by atoms with van der Waals surface area (Å²) < 4.78 is 30.8. The number of hydrogen-bond acceptors (Lipinski definition) is 5. The van der Waals surface area contributed by atoms with Gasteiger partial charge >= 0.3 is 5.97 Å². The number of esters is 1.